The van der Waals surface area contributed by atoms with E-state index in [1.54, 1.807) is 10.4 Å². The molecule has 7 rings (SSSR count). The first kappa shape index (κ1) is 54.2. The van der Waals surface area contributed by atoms with Crippen LogP contribution in [0.1, 0.15) is 94.6 Å². The Morgan fingerprint density at radius 3 is 2.37 bits per heavy atom. The highest BCUT2D eigenvalue weighted by Crippen LogP contribution is 2.44. The summed E-state index contributed by atoms with van der Waals surface area (Å²) in [6.07, 6.45) is -5.41. The summed E-state index contributed by atoms with van der Waals surface area (Å²) in [4.78, 5) is 58.2. The Bertz CT molecular complexity index is 3000. The van der Waals surface area contributed by atoms with E-state index < -0.39 is 91.5 Å². The smallest absolute Gasteiger partial charge is 0.420 e. The van der Waals surface area contributed by atoms with Gasteiger partial charge in [-0.25, -0.2) is 18.7 Å². The lowest BCUT2D eigenvalue weighted by atomic mass is 9.85. The summed E-state index contributed by atoms with van der Waals surface area (Å²) in [5, 5.41) is 11.4. The molecule has 14 nitrogen and oxygen atoms in total. The standard InChI is InChI=1S/C49H49F8N9O5S2/c1-26-40(73-25-60-26)33-23-63(7)42(61-33)35-11-10-16-64(35)43(68)41(46(2,3)4)62-36(67)24-70-17-8-9-18-71-29-13-14-30(31(20-29)48(52,53)54)39-32(50)19-28(22-59-39)66-45(72)65(44(69)47(66,5)6)34-15-12-27(21-58)37(38(34)51)49(55,56)57/h12-15,19-20,22-23,25,35,41H,8-11,16-18,24H2,1-7H3,(H,62,67). The minimum Gasteiger partial charge on any atom is -0.494 e. The highest BCUT2D eigenvalue weighted by molar-refractivity contribution is 7.81. The number of hydrogen-bond acceptors (Lipinski definition) is 11. The van der Waals surface area contributed by atoms with Crippen molar-refractivity contribution in [2.45, 2.75) is 97.2 Å². The van der Waals surface area contributed by atoms with Crippen LogP contribution in [-0.2, 0) is 38.5 Å². The fourth-order valence-corrected chi connectivity index (χ4v) is 10.0. The minimum absolute atomic E-state index is 0.0580. The minimum atomic E-state index is -5.33. The molecule has 2 aromatic carbocycles. The van der Waals surface area contributed by atoms with Crippen LogP contribution in [0.4, 0.5) is 46.5 Å². The van der Waals surface area contributed by atoms with Gasteiger partial charge in [0.1, 0.15) is 46.7 Å². The first-order chi connectivity index (χ1) is 34.2. The Kier molecular flexibility index (Phi) is 15.4. The molecule has 5 heterocycles. The third kappa shape index (κ3) is 11.0. The van der Waals surface area contributed by atoms with Gasteiger partial charge in [-0.3, -0.25) is 24.3 Å². The maximum atomic E-state index is 15.9. The van der Waals surface area contributed by atoms with Gasteiger partial charge < -0.3 is 29.2 Å². The number of thiocarbonyl (C=S) groups is 1. The van der Waals surface area contributed by atoms with Crippen molar-refractivity contribution < 1.29 is 59.0 Å². The molecule has 2 saturated heterocycles. The first-order valence-electron chi connectivity index (χ1n) is 22.8. The van der Waals surface area contributed by atoms with Crippen LogP contribution in [0.5, 0.6) is 5.75 Å². The second kappa shape index (κ2) is 20.7. The fourth-order valence-electron chi connectivity index (χ4n) is 8.78. The molecule has 3 amide bonds. The van der Waals surface area contributed by atoms with Crippen LogP contribution in [0, 0.1) is 35.3 Å². The van der Waals surface area contributed by atoms with Gasteiger partial charge in [-0.1, -0.05) is 20.8 Å². The number of ether oxygens (including phenoxy) is 2. The molecule has 0 spiro atoms. The average molecular weight is 1060 g/mol. The number of aryl methyl sites for hydroxylation is 2. The van der Waals surface area contributed by atoms with Gasteiger partial charge in [0.25, 0.3) is 5.91 Å². The number of hydrogen-bond donors (Lipinski definition) is 1. The van der Waals surface area contributed by atoms with Crippen molar-refractivity contribution in [3.63, 3.8) is 0 Å². The van der Waals surface area contributed by atoms with Gasteiger partial charge in [0.05, 0.1) is 63.5 Å². The number of likely N-dealkylation sites (tertiary alicyclic amines) is 1. The molecule has 0 saturated carbocycles. The number of thiazole rings is 1. The van der Waals surface area contributed by atoms with E-state index >= 15 is 8.78 Å². The van der Waals surface area contributed by atoms with Gasteiger partial charge in [0, 0.05) is 38.0 Å². The Balaban J connectivity index is 0.941. The fraction of sp³-hybridized carbons (Fsp3) is 0.429. The van der Waals surface area contributed by atoms with Crippen molar-refractivity contribution >= 4 is 57.8 Å². The van der Waals surface area contributed by atoms with Gasteiger partial charge in [0.2, 0.25) is 11.8 Å². The van der Waals surface area contributed by atoms with Crippen LogP contribution in [0.3, 0.4) is 0 Å². The predicted molar refractivity (Wildman–Crippen MR) is 257 cm³/mol. The van der Waals surface area contributed by atoms with Crippen molar-refractivity contribution in [3.8, 4) is 33.6 Å². The Morgan fingerprint density at radius 1 is 1.03 bits per heavy atom. The van der Waals surface area contributed by atoms with Crippen LogP contribution < -0.4 is 19.9 Å². The lowest BCUT2D eigenvalue weighted by molar-refractivity contribution is -0.141. The molecule has 2 atom stereocenters. The van der Waals surface area contributed by atoms with Crippen LogP contribution in [-0.4, -0.2) is 85.2 Å². The van der Waals surface area contributed by atoms with Crippen molar-refractivity contribution in [1.29, 1.82) is 5.26 Å². The van der Waals surface area contributed by atoms with E-state index in [1.165, 1.54) is 37.3 Å². The second-order valence-electron chi connectivity index (χ2n) is 19.0. The monoisotopic (exact) mass is 1060 g/mol. The number of nitriles is 1. The third-order valence-electron chi connectivity index (χ3n) is 12.4. The molecule has 0 bridgehead atoms. The van der Waals surface area contributed by atoms with E-state index in [0.717, 1.165) is 57.8 Å². The van der Waals surface area contributed by atoms with Gasteiger partial charge in [-0.05, 0) is 94.4 Å². The van der Waals surface area contributed by atoms with E-state index in [4.69, 9.17) is 31.9 Å². The summed E-state index contributed by atoms with van der Waals surface area (Å²) in [5.41, 5.74) is -5.96. The largest absolute Gasteiger partial charge is 0.494 e. The number of imidazole rings is 1. The molecule has 2 unspecified atom stereocenters. The zero-order valence-corrected chi connectivity index (χ0v) is 42.1. The number of rotatable bonds is 15. The number of halogens is 8. The Morgan fingerprint density at radius 2 is 1.74 bits per heavy atom. The molecule has 0 radical (unpaired) electrons. The molecular weight excluding hydrogens is 1010 g/mol. The number of nitrogens with one attached hydrogen (secondary N) is 1. The summed E-state index contributed by atoms with van der Waals surface area (Å²) < 4.78 is 129. The summed E-state index contributed by atoms with van der Waals surface area (Å²) in [5.74, 6) is -4.49. The quantitative estimate of drug-likeness (QED) is 0.0604. The van der Waals surface area contributed by atoms with E-state index in [9.17, 15) is 40.7 Å². The van der Waals surface area contributed by atoms with Crippen LogP contribution in [0.2, 0.25) is 0 Å². The Labute approximate surface area is 423 Å². The number of aromatic nitrogens is 4. The zero-order valence-electron chi connectivity index (χ0n) is 40.5. The van der Waals surface area contributed by atoms with Gasteiger partial charge in [-0.2, -0.15) is 31.6 Å². The predicted octanol–water partition coefficient (Wildman–Crippen LogP) is 10.1. The topological polar surface area (TPSA) is 159 Å². The lowest BCUT2D eigenvalue weighted by Gasteiger charge is -2.35. The highest BCUT2D eigenvalue weighted by atomic mass is 32.1. The SMILES string of the molecule is Cc1ncsc1-c1cn(C)c(C2CCCN2C(=O)C(NC(=O)COCCCCOc2ccc(-c3ncc(N4C(=S)N(c5ccc(C#N)c(C(F)(F)F)c5F)C(=O)C4(C)C)cc3F)c(C(F)(F)F)c2)C(C)(C)C)n1. The lowest BCUT2D eigenvalue weighted by Crippen LogP contribution is -2.55. The van der Waals surface area contributed by atoms with E-state index in [1.807, 2.05) is 45.5 Å². The van der Waals surface area contributed by atoms with Crippen molar-refractivity contribution in [1.82, 2.24) is 29.7 Å². The summed E-state index contributed by atoms with van der Waals surface area (Å²) in [6, 6.07) is 5.09. The number of pyridine rings is 1. The maximum Gasteiger partial charge on any atom is 0.420 e. The number of benzene rings is 2. The van der Waals surface area contributed by atoms with Crippen LogP contribution >= 0.6 is 23.6 Å². The Hall–Kier alpha value is -6.58. The van der Waals surface area contributed by atoms with Gasteiger partial charge in [-0.15, -0.1) is 11.3 Å². The second-order valence-corrected chi connectivity index (χ2v) is 20.2. The number of alkyl halides is 6. The molecular formula is C49H49F8N9O5S2. The van der Waals surface area contributed by atoms with Crippen molar-refractivity contribution in [2.24, 2.45) is 12.5 Å². The van der Waals surface area contributed by atoms with E-state index in [2.05, 4.69) is 15.3 Å². The first-order valence-corrected chi connectivity index (χ1v) is 24.0. The third-order valence-corrected chi connectivity index (χ3v) is 13.7. The van der Waals surface area contributed by atoms with Crippen molar-refractivity contribution in [2.75, 3.05) is 36.2 Å². The molecule has 24 heteroatoms. The molecule has 2 fully saturated rings. The zero-order chi connectivity index (χ0) is 53.5. The molecule has 73 heavy (non-hydrogen) atoms. The normalized spacial score (nSPS) is 16.6. The molecule has 2 aliphatic rings. The summed E-state index contributed by atoms with van der Waals surface area (Å²) in [6.45, 7) is 10.2. The number of carbonyl (C=O) groups is 3. The summed E-state index contributed by atoms with van der Waals surface area (Å²) in [7, 11) is 1.89. The number of amides is 3. The highest BCUT2D eigenvalue weighted by Gasteiger charge is 2.52. The van der Waals surface area contributed by atoms with Crippen molar-refractivity contribution in [3.05, 3.63) is 94.1 Å². The number of unbranched alkanes of at least 4 members (excludes halogenated alkanes) is 1. The molecule has 5 aromatic rings. The van der Waals surface area contributed by atoms with Gasteiger partial charge >= 0.3 is 12.4 Å². The maximum absolute atomic E-state index is 15.9. The average Bonchev–Trinajstić information content (AvgIpc) is 4.09. The molecule has 388 valence electrons. The molecule has 2 aliphatic heterocycles. The number of carbonyl (C=O) groups excluding carboxylic acids is 3. The van der Waals surface area contributed by atoms with E-state index in [0.29, 0.717) is 42.8 Å². The molecule has 0 aliphatic carbocycles. The van der Waals surface area contributed by atoms with Crippen LogP contribution in [0.25, 0.3) is 21.8 Å². The number of anilines is 2. The van der Waals surface area contributed by atoms with E-state index in [-0.39, 0.29) is 43.2 Å². The van der Waals surface area contributed by atoms with Crippen LogP contribution in [0.15, 0.2) is 54.3 Å². The molecule has 1 N–H and O–H groups in total. The molecule has 3 aromatic heterocycles. The number of nitrogens with zero attached hydrogens (tertiary/aromatic N) is 8. The summed E-state index contributed by atoms with van der Waals surface area (Å²) >= 11 is 6.87. The van der Waals surface area contributed by atoms with Gasteiger partial charge in [0.15, 0.2) is 16.7 Å².